The van der Waals surface area contributed by atoms with Crippen LogP contribution in [0.2, 0.25) is 0 Å². The molecule has 258 valence electrons. The first kappa shape index (κ1) is 35.4. The Bertz CT molecular complexity index is 2490. The first-order chi connectivity index (χ1) is 25.2. The number of hydrogen-bond donors (Lipinski definition) is 2. The van der Waals surface area contributed by atoms with Crippen molar-refractivity contribution in [3.8, 4) is 11.1 Å². The van der Waals surface area contributed by atoms with E-state index in [0.29, 0.717) is 0 Å². The molecule has 4 nitrogen and oxygen atoms in total. The maximum Gasteiger partial charge on any atom is 0.0658 e. The number of fused-ring (bicyclic) bond motifs is 13. The number of aromatic amines is 2. The Kier molecular flexibility index (Phi) is 10.5. The molecule has 0 saturated carbocycles. The van der Waals surface area contributed by atoms with Crippen molar-refractivity contribution in [3.63, 3.8) is 0 Å². The molecule has 11 rings (SSSR count). The smallest absolute Gasteiger partial charge is 0.0658 e. The van der Waals surface area contributed by atoms with Crippen molar-refractivity contribution in [2.75, 3.05) is 0 Å². The van der Waals surface area contributed by atoms with Crippen LogP contribution < -0.4 is 0 Å². The van der Waals surface area contributed by atoms with Crippen LogP contribution in [0.3, 0.4) is 0 Å². The van der Waals surface area contributed by atoms with Crippen molar-refractivity contribution >= 4 is 78.9 Å². The van der Waals surface area contributed by atoms with Gasteiger partial charge in [0.15, 0.2) is 0 Å². The van der Waals surface area contributed by atoms with E-state index in [4.69, 9.17) is 0 Å². The molecular weight excluding hydrogens is 704 g/mol. The van der Waals surface area contributed by atoms with Crippen LogP contribution in [-0.4, -0.2) is 30.9 Å². The number of aromatic nitrogens is 4. The first-order valence-electron chi connectivity index (χ1n) is 17.3. The van der Waals surface area contributed by atoms with Crippen molar-refractivity contribution in [2.24, 2.45) is 0 Å². The molecular formula is C47H38FeN4Si. The van der Waals surface area contributed by atoms with E-state index in [1.807, 2.05) is 48.6 Å². The second kappa shape index (κ2) is 15.7. The van der Waals surface area contributed by atoms with E-state index in [-0.39, 0.29) is 28.0 Å². The van der Waals surface area contributed by atoms with Crippen LogP contribution in [0.25, 0.3) is 79.0 Å². The monoisotopic (exact) mass is 742 g/mol. The Balaban J connectivity index is 0.000000129. The van der Waals surface area contributed by atoms with Gasteiger partial charge in [0.05, 0.1) is 22.8 Å². The van der Waals surface area contributed by atoms with Crippen LogP contribution in [0.5, 0.6) is 0 Å². The summed E-state index contributed by atoms with van der Waals surface area (Å²) < 4.78 is 0. The summed E-state index contributed by atoms with van der Waals surface area (Å²) in [7, 11) is 0. The molecule has 0 fully saturated rings. The maximum absolute atomic E-state index is 4.63. The second-order valence-electron chi connectivity index (χ2n) is 12.9. The summed E-state index contributed by atoms with van der Waals surface area (Å²) in [5, 5.41) is 5.25. The molecule has 0 saturated heterocycles. The fourth-order valence-electron chi connectivity index (χ4n) is 6.91. The fraction of sp³-hybridized carbons (Fsp3) is 0.0213. The Morgan fingerprint density at radius 1 is 0.358 bits per heavy atom. The third-order valence-corrected chi connectivity index (χ3v) is 9.36. The molecule has 0 spiro atoms. The van der Waals surface area contributed by atoms with E-state index in [1.165, 1.54) is 43.8 Å². The van der Waals surface area contributed by atoms with Crippen molar-refractivity contribution in [1.82, 2.24) is 19.9 Å². The Morgan fingerprint density at radius 3 is 1.00 bits per heavy atom. The molecule has 3 aliphatic rings. The molecule has 8 bridgehead atoms. The summed E-state index contributed by atoms with van der Waals surface area (Å²) in [4.78, 5) is 16.0. The van der Waals surface area contributed by atoms with Crippen molar-refractivity contribution in [2.45, 2.75) is 6.42 Å². The molecule has 2 N–H and O–H groups in total. The zero-order valence-electron chi connectivity index (χ0n) is 28.3. The maximum atomic E-state index is 4.63. The average molecular weight is 743 g/mol. The van der Waals surface area contributed by atoms with Crippen LogP contribution in [0.15, 0.2) is 158 Å². The van der Waals surface area contributed by atoms with Gasteiger partial charge in [-0.05, 0) is 146 Å². The van der Waals surface area contributed by atoms with Gasteiger partial charge in [0, 0.05) is 39.1 Å². The number of hydrogen-bond acceptors (Lipinski definition) is 2. The number of rotatable bonds is 0. The van der Waals surface area contributed by atoms with Gasteiger partial charge in [-0.3, -0.25) is 0 Å². The topological polar surface area (TPSA) is 57.4 Å². The molecule has 8 aromatic rings. The van der Waals surface area contributed by atoms with Gasteiger partial charge in [0.25, 0.3) is 0 Å². The fourth-order valence-corrected chi connectivity index (χ4v) is 6.91. The van der Waals surface area contributed by atoms with Crippen LogP contribution in [0, 0.1) is 0 Å². The number of nitrogens with one attached hydrogen (secondary N) is 2. The number of benzene rings is 5. The van der Waals surface area contributed by atoms with E-state index in [0.717, 1.165) is 51.3 Å². The standard InChI is InChI=1S/C20H14N4.C14H10.C13H10.Fe.H4Si/c1-2-14-10-16-5-6-18(23-16)12-20-8-7-19(24-20)11-17-4-3-15(22-17)9-13(1)21-14;1-2-6-12-10-14-8-4-3-7-13(14)9-11(12)5-1;1-3-7-12-10(5-1)9-11-6-2-4-8-13(11)12;;/h1-12,21,24H;1-10H;1-8H,9H2;;1H4. The number of H-pyrrole nitrogens is 2. The summed E-state index contributed by atoms with van der Waals surface area (Å²) >= 11 is 0. The first-order valence-corrected chi connectivity index (χ1v) is 17.3. The minimum absolute atomic E-state index is 0. The zero-order valence-corrected chi connectivity index (χ0v) is 29.4. The molecule has 0 amide bonds. The van der Waals surface area contributed by atoms with E-state index < -0.39 is 0 Å². The van der Waals surface area contributed by atoms with Gasteiger partial charge in [-0.1, -0.05) is 97.1 Å². The van der Waals surface area contributed by atoms with Crippen LogP contribution >= 0.6 is 0 Å². The van der Waals surface area contributed by atoms with Crippen molar-refractivity contribution in [3.05, 3.63) is 192 Å². The molecule has 6 heteroatoms. The van der Waals surface area contributed by atoms with Gasteiger partial charge in [0.1, 0.15) is 0 Å². The minimum Gasteiger partial charge on any atom is -0.355 e. The molecule has 1 aliphatic carbocycles. The third-order valence-electron chi connectivity index (χ3n) is 9.36. The van der Waals surface area contributed by atoms with Crippen LogP contribution in [0.1, 0.15) is 33.9 Å². The van der Waals surface area contributed by atoms with Crippen LogP contribution in [-0.2, 0) is 23.5 Å². The molecule has 0 atom stereocenters. The normalized spacial score (nSPS) is 11.6. The Labute approximate surface area is 323 Å². The Hall–Kier alpha value is -6.04. The molecule has 5 heterocycles. The van der Waals surface area contributed by atoms with Gasteiger partial charge in [-0.25, -0.2) is 9.97 Å². The van der Waals surface area contributed by atoms with Gasteiger partial charge >= 0.3 is 0 Å². The van der Waals surface area contributed by atoms with E-state index in [9.17, 15) is 0 Å². The summed E-state index contributed by atoms with van der Waals surface area (Å²) in [6.45, 7) is 0. The minimum atomic E-state index is 0. The largest absolute Gasteiger partial charge is 0.355 e. The molecule has 0 unspecified atom stereocenters. The van der Waals surface area contributed by atoms with Gasteiger partial charge in [-0.2, -0.15) is 0 Å². The summed E-state index contributed by atoms with van der Waals surface area (Å²) in [6.07, 6.45) is 9.19. The number of nitrogens with zero attached hydrogens (tertiary/aromatic N) is 2. The van der Waals surface area contributed by atoms with Gasteiger partial charge in [-0.15, -0.1) is 0 Å². The zero-order chi connectivity index (χ0) is 34.0. The van der Waals surface area contributed by atoms with E-state index in [2.05, 4.69) is 153 Å². The summed E-state index contributed by atoms with van der Waals surface area (Å²) in [5.74, 6) is 0. The molecule has 53 heavy (non-hydrogen) atoms. The van der Waals surface area contributed by atoms with Crippen molar-refractivity contribution < 1.29 is 17.1 Å². The predicted octanol–water partition coefficient (Wildman–Crippen LogP) is 10.5. The van der Waals surface area contributed by atoms with E-state index in [1.54, 1.807) is 0 Å². The average Bonchev–Trinajstić information content (AvgIpc) is 4.02. The molecule has 3 aromatic heterocycles. The van der Waals surface area contributed by atoms with E-state index >= 15 is 0 Å². The Morgan fingerprint density at radius 2 is 0.660 bits per heavy atom. The summed E-state index contributed by atoms with van der Waals surface area (Å²) in [5.41, 5.74) is 13.6. The van der Waals surface area contributed by atoms with Gasteiger partial charge in [0.2, 0.25) is 0 Å². The quantitative estimate of drug-likeness (QED) is 0.120. The molecule has 0 radical (unpaired) electrons. The van der Waals surface area contributed by atoms with Gasteiger partial charge < -0.3 is 9.97 Å². The summed E-state index contributed by atoms with van der Waals surface area (Å²) in [6, 6.07) is 55.1. The predicted molar refractivity (Wildman–Crippen MR) is 226 cm³/mol. The molecule has 5 aromatic carbocycles. The molecule has 2 aliphatic heterocycles. The SMILES string of the molecule is C1=Cc2cc3ccc(cc4nc(cc5ccc(cc1n2)[nH]5)C=C4)[nH]3.[Fe].[SiH4].c1ccc2c(c1)Cc1ccccc1-2.c1ccc2cc3ccccc3cc2c1. The van der Waals surface area contributed by atoms with Crippen molar-refractivity contribution in [1.29, 1.82) is 0 Å². The second-order valence-corrected chi connectivity index (χ2v) is 12.9. The third kappa shape index (κ3) is 7.91. The van der Waals surface area contributed by atoms with Crippen LogP contribution in [0.4, 0.5) is 0 Å².